The number of para-hydroxylation sites is 1. The van der Waals surface area contributed by atoms with Crippen LogP contribution in [0, 0.1) is 12.8 Å². The molecule has 1 saturated heterocycles. The summed E-state index contributed by atoms with van der Waals surface area (Å²) in [5.74, 6) is 0.823. The van der Waals surface area contributed by atoms with Crippen LogP contribution in [-0.2, 0) is 11.2 Å². The molecule has 1 heterocycles. The van der Waals surface area contributed by atoms with Crippen LogP contribution in [0.1, 0.15) is 37.3 Å². The molecule has 2 N–H and O–H groups in total. The summed E-state index contributed by atoms with van der Waals surface area (Å²) in [6.45, 7) is 6.34. The highest BCUT2D eigenvalue weighted by atomic mass is 16.1. The Balaban J connectivity index is 1.91. The van der Waals surface area contributed by atoms with Gasteiger partial charge in [0, 0.05) is 12.1 Å². The predicted octanol–water partition coefficient (Wildman–Crippen LogP) is 2.89. The van der Waals surface area contributed by atoms with Gasteiger partial charge in [-0.3, -0.25) is 4.79 Å². The molecule has 1 atom stereocenters. The molecule has 104 valence electrons. The van der Waals surface area contributed by atoms with E-state index in [9.17, 15) is 4.79 Å². The number of benzene rings is 1. The van der Waals surface area contributed by atoms with E-state index in [0.29, 0.717) is 12.3 Å². The Kier molecular flexibility index (Phi) is 4.97. The Hall–Kier alpha value is -1.35. The molecule has 1 unspecified atom stereocenters. The molecule has 0 saturated carbocycles. The van der Waals surface area contributed by atoms with E-state index in [1.807, 2.05) is 6.07 Å². The normalized spacial score (nSPS) is 18.5. The van der Waals surface area contributed by atoms with Crippen LogP contribution in [0.5, 0.6) is 0 Å². The number of carbonyl (C=O) groups is 1. The molecule has 0 aliphatic carbocycles. The molecule has 0 radical (unpaired) electrons. The Bertz CT molecular complexity index is 436. The number of aryl methyl sites for hydroxylation is 2. The summed E-state index contributed by atoms with van der Waals surface area (Å²) >= 11 is 0. The fourth-order valence-corrected chi connectivity index (χ4v) is 2.70. The van der Waals surface area contributed by atoms with Crippen molar-refractivity contribution >= 4 is 11.6 Å². The molecule has 19 heavy (non-hydrogen) atoms. The van der Waals surface area contributed by atoms with E-state index in [1.165, 1.54) is 12.0 Å². The van der Waals surface area contributed by atoms with Crippen molar-refractivity contribution in [2.45, 2.75) is 39.5 Å². The van der Waals surface area contributed by atoms with Gasteiger partial charge in [0.15, 0.2) is 0 Å². The minimum Gasteiger partial charge on any atom is -0.326 e. The number of rotatable bonds is 5. The third-order valence-corrected chi connectivity index (χ3v) is 3.95. The summed E-state index contributed by atoms with van der Waals surface area (Å²) in [6, 6.07) is 6.19. The van der Waals surface area contributed by atoms with Crippen molar-refractivity contribution in [1.29, 1.82) is 0 Å². The van der Waals surface area contributed by atoms with Crippen molar-refractivity contribution in [3.05, 3.63) is 29.3 Å². The first-order valence-electron chi connectivity index (χ1n) is 7.29. The summed E-state index contributed by atoms with van der Waals surface area (Å²) in [7, 11) is 0. The number of hydrogen-bond donors (Lipinski definition) is 2. The van der Waals surface area contributed by atoms with Crippen LogP contribution in [0.2, 0.25) is 0 Å². The zero-order valence-corrected chi connectivity index (χ0v) is 12.0. The van der Waals surface area contributed by atoms with Crippen molar-refractivity contribution < 1.29 is 4.79 Å². The average Bonchev–Trinajstić information content (AvgIpc) is 2.92. The molecule has 1 aliphatic heterocycles. The van der Waals surface area contributed by atoms with Crippen molar-refractivity contribution in [1.82, 2.24) is 5.32 Å². The lowest BCUT2D eigenvalue weighted by Gasteiger charge is -2.14. The molecular weight excluding hydrogens is 236 g/mol. The fourth-order valence-electron chi connectivity index (χ4n) is 2.70. The van der Waals surface area contributed by atoms with Crippen LogP contribution in [-0.4, -0.2) is 19.0 Å². The number of nitrogens with one attached hydrogen (secondary N) is 2. The minimum absolute atomic E-state index is 0.149. The second-order valence-electron chi connectivity index (χ2n) is 5.41. The van der Waals surface area contributed by atoms with Gasteiger partial charge in [0.25, 0.3) is 0 Å². The van der Waals surface area contributed by atoms with Gasteiger partial charge in [-0.05, 0) is 56.3 Å². The van der Waals surface area contributed by atoms with Gasteiger partial charge >= 0.3 is 0 Å². The topological polar surface area (TPSA) is 41.1 Å². The first-order valence-corrected chi connectivity index (χ1v) is 7.29. The third-order valence-electron chi connectivity index (χ3n) is 3.95. The van der Waals surface area contributed by atoms with Gasteiger partial charge in [-0.15, -0.1) is 0 Å². The smallest absolute Gasteiger partial charge is 0.224 e. The van der Waals surface area contributed by atoms with Gasteiger partial charge < -0.3 is 10.6 Å². The lowest BCUT2D eigenvalue weighted by atomic mass is 10.0. The average molecular weight is 260 g/mol. The Morgan fingerprint density at radius 1 is 1.47 bits per heavy atom. The first-order chi connectivity index (χ1) is 9.20. The summed E-state index contributed by atoms with van der Waals surface area (Å²) in [4.78, 5) is 12.1. The second kappa shape index (κ2) is 6.71. The van der Waals surface area contributed by atoms with Crippen LogP contribution in [0.3, 0.4) is 0 Å². The maximum atomic E-state index is 12.1. The van der Waals surface area contributed by atoms with Crippen LogP contribution in [0.25, 0.3) is 0 Å². The molecule has 1 aromatic carbocycles. The van der Waals surface area contributed by atoms with Crippen LogP contribution < -0.4 is 10.6 Å². The molecule has 2 rings (SSSR count). The van der Waals surface area contributed by atoms with Gasteiger partial charge in [0.05, 0.1) is 0 Å². The molecule has 1 aromatic rings. The van der Waals surface area contributed by atoms with Gasteiger partial charge in [-0.25, -0.2) is 0 Å². The highest BCUT2D eigenvalue weighted by Gasteiger charge is 2.16. The van der Waals surface area contributed by atoms with Gasteiger partial charge in [0.1, 0.15) is 0 Å². The van der Waals surface area contributed by atoms with E-state index in [4.69, 9.17) is 0 Å². The third kappa shape index (κ3) is 3.80. The molecule has 3 nitrogen and oxygen atoms in total. The van der Waals surface area contributed by atoms with Crippen LogP contribution >= 0.6 is 0 Å². The van der Waals surface area contributed by atoms with Gasteiger partial charge in [-0.1, -0.05) is 25.1 Å². The highest BCUT2D eigenvalue weighted by Crippen LogP contribution is 2.22. The number of hydrogen-bond acceptors (Lipinski definition) is 2. The molecule has 0 spiro atoms. The number of amides is 1. The highest BCUT2D eigenvalue weighted by molar-refractivity contribution is 5.92. The number of anilines is 1. The zero-order valence-electron chi connectivity index (χ0n) is 12.0. The summed E-state index contributed by atoms with van der Waals surface area (Å²) in [5, 5.41) is 6.44. The Labute approximate surface area is 115 Å². The molecule has 0 aromatic heterocycles. The monoisotopic (exact) mass is 260 g/mol. The van der Waals surface area contributed by atoms with Crippen molar-refractivity contribution in [2.24, 2.45) is 5.92 Å². The molecule has 1 fully saturated rings. The second-order valence-corrected chi connectivity index (χ2v) is 5.41. The van der Waals surface area contributed by atoms with Crippen LogP contribution in [0.4, 0.5) is 5.69 Å². The van der Waals surface area contributed by atoms with E-state index < -0.39 is 0 Å². The van der Waals surface area contributed by atoms with Gasteiger partial charge in [0.2, 0.25) is 5.91 Å². The molecular formula is C16H24N2O. The minimum atomic E-state index is 0.149. The molecule has 0 bridgehead atoms. The SMILES string of the molecule is CCc1cccc(C)c1NC(=O)CCC1CCNC1. The van der Waals surface area contributed by atoms with E-state index >= 15 is 0 Å². The molecule has 3 heteroatoms. The zero-order chi connectivity index (χ0) is 13.7. The van der Waals surface area contributed by atoms with E-state index in [1.54, 1.807) is 0 Å². The molecule has 1 amide bonds. The number of carbonyl (C=O) groups excluding carboxylic acids is 1. The maximum absolute atomic E-state index is 12.1. The fraction of sp³-hybridized carbons (Fsp3) is 0.562. The lowest BCUT2D eigenvalue weighted by Crippen LogP contribution is -2.16. The van der Waals surface area contributed by atoms with Crippen molar-refractivity contribution in [2.75, 3.05) is 18.4 Å². The van der Waals surface area contributed by atoms with E-state index in [0.717, 1.165) is 37.2 Å². The standard InChI is InChI=1S/C16H24N2O/c1-3-14-6-4-5-12(2)16(14)18-15(19)8-7-13-9-10-17-11-13/h4-6,13,17H,3,7-11H2,1-2H3,(H,18,19). The first kappa shape index (κ1) is 14.1. The largest absolute Gasteiger partial charge is 0.326 e. The molecule has 1 aliphatic rings. The van der Waals surface area contributed by atoms with E-state index in [-0.39, 0.29) is 5.91 Å². The van der Waals surface area contributed by atoms with E-state index in [2.05, 4.69) is 36.6 Å². The van der Waals surface area contributed by atoms with Crippen LogP contribution in [0.15, 0.2) is 18.2 Å². The summed E-state index contributed by atoms with van der Waals surface area (Å²) in [6.07, 6.45) is 3.78. The summed E-state index contributed by atoms with van der Waals surface area (Å²) in [5.41, 5.74) is 3.38. The maximum Gasteiger partial charge on any atom is 0.224 e. The predicted molar refractivity (Wildman–Crippen MR) is 79.4 cm³/mol. The Morgan fingerprint density at radius 2 is 2.32 bits per heavy atom. The van der Waals surface area contributed by atoms with Crippen molar-refractivity contribution in [3.63, 3.8) is 0 Å². The Morgan fingerprint density at radius 3 is 3.00 bits per heavy atom. The summed E-state index contributed by atoms with van der Waals surface area (Å²) < 4.78 is 0. The van der Waals surface area contributed by atoms with Crippen molar-refractivity contribution in [3.8, 4) is 0 Å². The quantitative estimate of drug-likeness (QED) is 0.854. The van der Waals surface area contributed by atoms with Gasteiger partial charge in [-0.2, -0.15) is 0 Å². The lowest BCUT2D eigenvalue weighted by molar-refractivity contribution is -0.116.